The number of nitrogens with one attached hydrogen (secondary N) is 2. The fraction of sp³-hybridized carbons (Fsp3) is 0.211. The summed E-state index contributed by atoms with van der Waals surface area (Å²) in [5.41, 5.74) is 6.37. The molecule has 0 bridgehead atoms. The molecule has 0 radical (unpaired) electrons. The number of amides is 1. The second kappa shape index (κ2) is 8.22. The van der Waals surface area contributed by atoms with E-state index in [1.54, 1.807) is 19.1 Å². The Bertz CT molecular complexity index is 985. The van der Waals surface area contributed by atoms with Gasteiger partial charge >= 0.3 is 6.09 Å². The molecule has 1 heterocycles. The minimum absolute atomic E-state index is 0.0913. The number of hydrogen-bond donors (Lipinski definition) is 3. The summed E-state index contributed by atoms with van der Waals surface area (Å²) in [6.45, 7) is 2.40. The Labute approximate surface area is 166 Å². The fourth-order valence-electron chi connectivity index (χ4n) is 2.73. The second-order valence-electron chi connectivity index (χ2n) is 6.29. The lowest BCUT2D eigenvalue weighted by Crippen LogP contribution is -2.32. The van der Waals surface area contributed by atoms with Crippen LogP contribution in [-0.2, 0) is 4.74 Å². The molecule has 0 saturated carbocycles. The van der Waals surface area contributed by atoms with E-state index in [4.69, 9.17) is 22.7 Å². The van der Waals surface area contributed by atoms with Crippen LogP contribution in [0, 0.1) is 5.82 Å². The number of cyclic esters (lactones) is 1. The van der Waals surface area contributed by atoms with E-state index >= 15 is 0 Å². The summed E-state index contributed by atoms with van der Waals surface area (Å²) in [6.07, 6.45) is -0.944. The Morgan fingerprint density at radius 1 is 1.29 bits per heavy atom. The van der Waals surface area contributed by atoms with Crippen molar-refractivity contribution in [1.82, 2.24) is 5.32 Å². The largest absolute Gasteiger partial charge is 0.442 e. The molecule has 28 heavy (non-hydrogen) atoms. The number of nitrogen functional groups attached to an aromatic ring is 1. The lowest BCUT2D eigenvalue weighted by molar-refractivity contribution is 0.143. The molecule has 1 amide bonds. The standard InChI is InChI=1S/C19H19FN4O3S/c1-11(28)22-9-14-10-24(19(26)27-14)13-5-6-16(15(20)8-13)23-17-7-12(21)3-2-4-18(17)25/h2-8,14H,9-10,21H2,1H3,(H,22,28)(H,23,25)/t14-/m0/s1. The third-order valence-corrected chi connectivity index (χ3v) is 4.24. The van der Waals surface area contributed by atoms with Crippen LogP contribution in [-0.4, -0.2) is 30.3 Å². The number of rotatable bonds is 5. The molecule has 9 heteroatoms. The van der Waals surface area contributed by atoms with E-state index in [9.17, 15) is 14.0 Å². The first-order chi connectivity index (χ1) is 13.3. The summed E-state index contributed by atoms with van der Waals surface area (Å²) in [5, 5.41) is 5.69. The number of thiocarbonyl (C=S) groups is 1. The summed E-state index contributed by atoms with van der Waals surface area (Å²) in [4.78, 5) is 26.1. The van der Waals surface area contributed by atoms with Crippen LogP contribution in [0.5, 0.6) is 0 Å². The van der Waals surface area contributed by atoms with E-state index in [2.05, 4.69) is 10.6 Å². The summed E-state index contributed by atoms with van der Waals surface area (Å²) < 4.78 is 19.8. The van der Waals surface area contributed by atoms with E-state index in [1.165, 1.54) is 35.2 Å². The van der Waals surface area contributed by atoms with E-state index in [0.29, 0.717) is 22.9 Å². The smallest absolute Gasteiger partial charge is 0.414 e. The molecule has 146 valence electrons. The molecule has 1 aliphatic rings. The molecule has 3 rings (SSSR count). The van der Waals surface area contributed by atoms with Crippen LogP contribution in [0.15, 0.2) is 47.3 Å². The summed E-state index contributed by atoms with van der Waals surface area (Å²) >= 11 is 4.94. The minimum atomic E-state index is -0.619. The molecule has 1 atom stereocenters. The summed E-state index contributed by atoms with van der Waals surface area (Å²) in [5.74, 6) is -0.619. The van der Waals surface area contributed by atoms with Gasteiger partial charge in [-0.25, -0.2) is 9.18 Å². The molecule has 1 aliphatic heterocycles. The Hall–Kier alpha value is -3.20. The molecular formula is C19H19FN4O3S. The van der Waals surface area contributed by atoms with Crippen molar-refractivity contribution in [2.24, 2.45) is 0 Å². The van der Waals surface area contributed by atoms with E-state index < -0.39 is 11.9 Å². The van der Waals surface area contributed by atoms with E-state index in [0.717, 1.165) is 0 Å². The molecule has 1 fully saturated rings. The quantitative estimate of drug-likeness (QED) is 0.662. The van der Waals surface area contributed by atoms with Crippen molar-refractivity contribution in [3.63, 3.8) is 0 Å². The molecule has 4 N–H and O–H groups in total. The molecule has 0 aliphatic carbocycles. The zero-order valence-electron chi connectivity index (χ0n) is 15.1. The van der Waals surface area contributed by atoms with Gasteiger partial charge in [0.1, 0.15) is 11.9 Å². The fourth-order valence-corrected chi connectivity index (χ4v) is 2.82. The van der Waals surface area contributed by atoms with Crippen LogP contribution >= 0.6 is 12.2 Å². The summed E-state index contributed by atoms with van der Waals surface area (Å²) in [6, 6.07) is 10.1. The Balaban J connectivity index is 1.77. The number of benzene rings is 1. The van der Waals surface area contributed by atoms with Crippen molar-refractivity contribution in [3.8, 4) is 0 Å². The van der Waals surface area contributed by atoms with Crippen LogP contribution in [0.25, 0.3) is 0 Å². The molecule has 0 aromatic heterocycles. The number of carbonyl (C=O) groups excluding carboxylic acids is 1. The minimum Gasteiger partial charge on any atom is -0.442 e. The molecule has 2 aromatic rings. The van der Waals surface area contributed by atoms with Gasteiger partial charge in [-0.2, -0.15) is 0 Å². The normalized spacial score (nSPS) is 15.9. The first-order valence-corrected chi connectivity index (χ1v) is 8.93. The highest BCUT2D eigenvalue weighted by Crippen LogP contribution is 2.27. The zero-order chi connectivity index (χ0) is 20.3. The Morgan fingerprint density at radius 3 is 2.79 bits per heavy atom. The topological polar surface area (TPSA) is 96.7 Å². The Kier molecular flexibility index (Phi) is 5.74. The van der Waals surface area contributed by atoms with Crippen LogP contribution < -0.4 is 26.7 Å². The molecule has 2 aromatic carbocycles. The molecule has 0 spiro atoms. The van der Waals surface area contributed by atoms with E-state index in [1.807, 2.05) is 0 Å². The van der Waals surface area contributed by atoms with Crippen molar-refractivity contribution in [1.29, 1.82) is 0 Å². The third kappa shape index (κ3) is 4.55. The zero-order valence-corrected chi connectivity index (χ0v) is 15.9. The van der Waals surface area contributed by atoms with Gasteiger partial charge < -0.3 is 21.1 Å². The number of nitrogens with zero attached hydrogens (tertiary/aromatic N) is 1. The van der Waals surface area contributed by atoms with Crippen LogP contribution in [0.1, 0.15) is 6.92 Å². The number of nitrogens with two attached hydrogens (primary N) is 1. The third-order valence-electron chi connectivity index (χ3n) is 4.10. The van der Waals surface area contributed by atoms with Gasteiger partial charge in [-0.1, -0.05) is 18.3 Å². The van der Waals surface area contributed by atoms with Crippen LogP contribution in [0.2, 0.25) is 0 Å². The highest BCUT2D eigenvalue weighted by molar-refractivity contribution is 7.80. The van der Waals surface area contributed by atoms with Crippen molar-refractivity contribution in [2.75, 3.05) is 29.0 Å². The number of carbonyl (C=O) groups is 1. The number of ether oxygens (including phenoxy) is 1. The number of halogens is 1. The van der Waals surface area contributed by atoms with Crippen LogP contribution in [0.3, 0.4) is 0 Å². The predicted octanol–water partition coefficient (Wildman–Crippen LogP) is 2.77. The van der Waals surface area contributed by atoms with Crippen molar-refractivity contribution >= 4 is 46.0 Å². The first-order valence-electron chi connectivity index (χ1n) is 8.52. The lowest BCUT2D eigenvalue weighted by Gasteiger charge is -2.15. The maximum absolute atomic E-state index is 14.6. The molecule has 1 saturated heterocycles. The highest BCUT2D eigenvalue weighted by Gasteiger charge is 2.32. The molecule has 7 nitrogen and oxygen atoms in total. The average molecular weight is 402 g/mol. The lowest BCUT2D eigenvalue weighted by atomic mass is 10.2. The van der Waals surface area contributed by atoms with Gasteiger partial charge in [0.15, 0.2) is 0 Å². The van der Waals surface area contributed by atoms with Crippen LogP contribution in [0.4, 0.5) is 31.9 Å². The SMILES string of the molecule is CC(=S)NC[C@H]1CN(c2ccc(Nc3cc(N)cccc3=O)c(F)c2)C(=O)O1. The van der Waals surface area contributed by atoms with Gasteiger partial charge in [-0.05, 0) is 43.3 Å². The van der Waals surface area contributed by atoms with Crippen molar-refractivity contribution in [2.45, 2.75) is 13.0 Å². The van der Waals surface area contributed by atoms with Gasteiger partial charge in [0, 0.05) is 5.69 Å². The van der Waals surface area contributed by atoms with Crippen molar-refractivity contribution in [3.05, 3.63) is 58.5 Å². The first kappa shape index (κ1) is 19.6. The average Bonchev–Trinajstić information content (AvgIpc) is 2.93. The van der Waals surface area contributed by atoms with E-state index in [-0.39, 0.29) is 29.5 Å². The second-order valence-corrected chi connectivity index (χ2v) is 6.90. The number of hydrogen-bond acceptors (Lipinski definition) is 6. The van der Waals surface area contributed by atoms with Gasteiger partial charge in [0.25, 0.3) is 0 Å². The highest BCUT2D eigenvalue weighted by atomic mass is 32.1. The monoisotopic (exact) mass is 402 g/mol. The molecule has 0 unspecified atom stereocenters. The predicted molar refractivity (Wildman–Crippen MR) is 111 cm³/mol. The van der Waals surface area contributed by atoms with Gasteiger partial charge in [0.05, 0.1) is 35.1 Å². The number of anilines is 4. The van der Waals surface area contributed by atoms with Crippen molar-refractivity contribution < 1.29 is 13.9 Å². The maximum atomic E-state index is 14.6. The van der Waals surface area contributed by atoms with Gasteiger partial charge in [0.2, 0.25) is 5.43 Å². The van der Waals surface area contributed by atoms with Gasteiger partial charge in [-0.3, -0.25) is 9.69 Å². The van der Waals surface area contributed by atoms with Gasteiger partial charge in [-0.15, -0.1) is 0 Å². The summed E-state index contributed by atoms with van der Waals surface area (Å²) in [7, 11) is 0. The molecular weight excluding hydrogens is 383 g/mol. The maximum Gasteiger partial charge on any atom is 0.414 e. The Morgan fingerprint density at radius 2 is 2.07 bits per heavy atom.